The van der Waals surface area contributed by atoms with E-state index in [1.165, 1.54) is 6.07 Å². The van der Waals surface area contributed by atoms with Gasteiger partial charge in [0.15, 0.2) is 12.1 Å². The molecule has 0 aliphatic rings. The molecule has 0 bridgehead atoms. The number of aliphatic hydroxyl groups excluding tert-OH is 1. The quantitative estimate of drug-likeness (QED) is 0.566. The van der Waals surface area contributed by atoms with Crippen LogP contribution in [0.25, 0.3) is 0 Å². The van der Waals surface area contributed by atoms with Crippen LogP contribution in [-0.2, 0) is 0 Å². The third kappa shape index (κ3) is 2.65. The second-order valence-electron chi connectivity index (χ2n) is 3.17. The molecule has 2 N–H and O–H groups in total. The van der Waals surface area contributed by atoms with Gasteiger partial charge in [0.1, 0.15) is 0 Å². The van der Waals surface area contributed by atoms with Crippen molar-refractivity contribution in [2.75, 3.05) is 0 Å². The van der Waals surface area contributed by atoms with E-state index in [1.54, 1.807) is 18.2 Å². The average Bonchev–Trinajstić information content (AvgIpc) is 2.18. The summed E-state index contributed by atoms with van der Waals surface area (Å²) in [5, 5.41) is 17.8. The van der Waals surface area contributed by atoms with E-state index in [2.05, 4.69) is 0 Å². The first-order chi connectivity index (χ1) is 6.65. The summed E-state index contributed by atoms with van der Waals surface area (Å²) in [5.74, 6) is 0.0370. The molecule has 76 valence electrons. The molecule has 0 atom stereocenters. The zero-order valence-corrected chi connectivity index (χ0v) is 8.10. The van der Waals surface area contributed by atoms with Gasteiger partial charge in [0.05, 0.1) is 0 Å². The third-order valence-corrected chi connectivity index (χ3v) is 1.98. The molecule has 1 rings (SSSR count). The highest BCUT2D eigenvalue weighted by Crippen LogP contribution is 2.13. The number of Topliss-reactive ketones (excluding diaryl/α,β-unsaturated/α-hetero) is 1. The molecule has 0 aliphatic heterocycles. The number of carbonyl (C=O) groups excluding carboxylic acids is 1. The molecule has 0 amide bonds. The molecule has 0 fully saturated rings. The monoisotopic (exact) mass is 194 g/mol. The first-order valence-corrected chi connectivity index (χ1v) is 4.64. The van der Waals surface area contributed by atoms with Gasteiger partial charge in [-0.25, -0.2) is 0 Å². The Morgan fingerprint density at radius 1 is 1.43 bits per heavy atom. The van der Waals surface area contributed by atoms with Gasteiger partial charge in [0.2, 0.25) is 0 Å². The van der Waals surface area contributed by atoms with Gasteiger partial charge in [-0.15, -0.1) is 0 Å². The molecule has 0 unspecified atom stereocenters. The molecule has 0 spiro atoms. The lowest BCUT2D eigenvalue weighted by atomic mass is 10.0. The Labute approximate surface area is 83.0 Å². The first-order valence-electron chi connectivity index (χ1n) is 4.64. The fraction of sp³-hybridized carbons (Fsp3) is 0.364. The van der Waals surface area contributed by atoms with Crippen molar-refractivity contribution in [2.45, 2.75) is 26.1 Å². The Bertz CT molecular complexity index is 318. The van der Waals surface area contributed by atoms with Crippen LogP contribution in [-0.4, -0.2) is 16.0 Å². The molecule has 0 radical (unpaired) electrons. The van der Waals surface area contributed by atoms with Gasteiger partial charge in [-0.1, -0.05) is 25.1 Å². The molecule has 3 nitrogen and oxygen atoms in total. The summed E-state index contributed by atoms with van der Waals surface area (Å²) in [6.07, 6.45) is -0.222. The molecule has 0 heterocycles. The van der Waals surface area contributed by atoms with Crippen LogP contribution < -0.4 is 0 Å². The Kier molecular flexibility index (Phi) is 3.80. The fourth-order valence-electron chi connectivity index (χ4n) is 1.24. The number of aliphatic hydroxyl groups is 2. The maximum atomic E-state index is 11.5. The Hall–Kier alpha value is -1.19. The van der Waals surface area contributed by atoms with Crippen molar-refractivity contribution in [3.05, 3.63) is 35.4 Å². The third-order valence-electron chi connectivity index (χ3n) is 1.98. The Morgan fingerprint density at radius 3 is 2.71 bits per heavy atom. The van der Waals surface area contributed by atoms with Crippen LogP contribution in [0.3, 0.4) is 0 Å². The fourth-order valence-corrected chi connectivity index (χ4v) is 1.24. The largest absolute Gasteiger partial charge is 0.364 e. The van der Waals surface area contributed by atoms with E-state index in [1.807, 2.05) is 6.92 Å². The minimum atomic E-state index is -1.51. The number of hydrogen-bond donors (Lipinski definition) is 2. The molecule has 1 aromatic rings. The van der Waals surface area contributed by atoms with Crippen molar-refractivity contribution in [2.24, 2.45) is 0 Å². The number of carbonyl (C=O) groups is 1. The van der Waals surface area contributed by atoms with Crippen molar-refractivity contribution in [1.29, 1.82) is 0 Å². The van der Waals surface area contributed by atoms with E-state index in [4.69, 9.17) is 10.2 Å². The maximum absolute atomic E-state index is 11.5. The van der Waals surface area contributed by atoms with E-state index >= 15 is 0 Å². The van der Waals surface area contributed by atoms with Crippen molar-refractivity contribution >= 4 is 5.78 Å². The summed E-state index contributed by atoms with van der Waals surface area (Å²) in [6.45, 7) is 1.93. The highest BCUT2D eigenvalue weighted by molar-refractivity contribution is 5.96. The molecule has 14 heavy (non-hydrogen) atoms. The highest BCUT2D eigenvalue weighted by atomic mass is 16.5. The lowest BCUT2D eigenvalue weighted by molar-refractivity contribution is -0.0425. The van der Waals surface area contributed by atoms with Gasteiger partial charge in [-0.2, -0.15) is 0 Å². The van der Waals surface area contributed by atoms with Crippen molar-refractivity contribution in [1.82, 2.24) is 0 Å². The molecule has 0 saturated heterocycles. The molecular weight excluding hydrogens is 180 g/mol. The van der Waals surface area contributed by atoms with E-state index in [9.17, 15) is 4.79 Å². The van der Waals surface area contributed by atoms with Gasteiger partial charge >= 0.3 is 0 Å². The van der Waals surface area contributed by atoms with Crippen molar-refractivity contribution < 1.29 is 15.0 Å². The highest BCUT2D eigenvalue weighted by Gasteiger charge is 2.07. The Morgan fingerprint density at radius 2 is 2.14 bits per heavy atom. The zero-order valence-electron chi connectivity index (χ0n) is 8.10. The molecule has 3 heteroatoms. The summed E-state index contributed by atoms with van der Waals surface area (Å²) in [6, 6.07) is 6.43. The maximum Gasteiger partial charge on any atom is 0.178 e. The van der Waals surface area contributed by atoms with Crippen LogP contribution >= 0.6 is 0 Å². The van der Waals surface area contributed by atoms with Crippen molar-refractivity contribution in [3.8, 4) is 0 Å². The summed E-state index contributed by atoms with van der Waals surface area (Å²) in [4.78, 5) is 11.5. The predicted octanol–water partition coefficient (Wildman–Crippen LogP) is 1.65. The van der Waals surface area contributed by atoms with Crippen LogP contribution in [0.5, 0.6) is 0 Å². The number of rotatable bonds is 4. The van der Waals surface area contributed by atoms with Crippen LogP contribution in [0.1, 0.15) is 42.0 Å². The van der Waals surface area contributed by atoms with Gasteiger partial charge in [0.25, 0.3) is 0 Å². The topological polar surface area (TPSA) is 57.5 Å². The molecule has 0 aromatic heterocycles. The van der Waals surface area contributed by atoms with E-state index < -0.39 is 6.29 Å². The first kappa shape index (κ1) is 10.9. The average molecular weight is 194 g/mol. The van der Waals surface area contributed by atoms with Gasteiger partial charge in [0, 0.05) is 17.5 Å². The number of hydrogen-bond acceptors (Lipinski definition) is 3. The summed E-state index contributed by atoms with van der Waals surface area (Å²) >= 11 is 0. The minimum Gasteiger partial charge on any atom is -0.364 e. The van der Waals surface area contributed by atoms with Crippen LogP contribution in [0.15, 0.2) is 24.3 Å². The van der Waals surface area contributed by atoms with E-state index in [0.29, 0.717) is 17.5 Å². The predicted molar refractivity (Wildman–Crippen MR) is 52.9 cm³/mol. The van der Waals surface area contributed by atoms with Gasteiger partial charge < -0.3 is 10.2 Å². The second kappa shape index (κ2) is 4.88. The number of ketones is 1. The van der Waals surface area contributed by atoms with Gasteiger partial charge in [-0.3, -0.25) is 4.79 Å². The van der Waals surface area contributed by atoms with E-state index in [-0.39, 0.29) is 5.78 Å². The van der Waals surface area contributed by atoms with Crippen LogP contribution in [0, 0.1) is 0 Å². The van der Waals surface area contributed by atoms with Crippen molar-refractivity contribution in [3.63, 3.8) is 0 Å². The van der Waals surface area contributed by atoms with Crippen LogP contribution in [0.4, 0.5) is 0 Å². The standard InChI is InChI=1S/C11H14O3/c1-2-4-10(12)8-5-3-6-9(7-8)11(13)14/h3,5-7,11,13-14H,2,4H2,1H3. The lowest BCUT2D eigenvalue weighted by Crippen LogP contribution is -2.01. The molecule has 1 aromatic carbocycles. The second-order valence-corrected chi connectivity index (χ2v) is 3.17. The smallest absolute Gasteiger partial charge is 0.178 e. The Balaban J connectivity index is 2.88. The summed E-state index contributed by atoms with van der Waals surface area (Å²) < 4.78 is 0. The SMILES string of the molecule is CCCC(=O)c1cccc(C(O)O)c1. The summed E-state index contributed by atoms with van der Waals surface area (Å²) in [7, 11) is 0. The number of benzene rings is 1. The molecule has 0 saturated carbocycles. The van der Waals surface area contributed by atoms with Gasteiger partial charge in [-0.05, 0) is 12.5 Å². The minimum absolute atomic E-state index is 0.0370. The lowest BCUT2D eigenvalue weighted by Gasteiger charge is -2.05. The van der Waals surface area contributed by atoms with E-state index in [0.717, 1.165) is 6.42 Å². The normalized spacial score (nSPS) is 10.6. The summed E-state index contributed by atoms with van der Waals surface area (Å²) in [5.41, 5.74) is 0.893. The molecular formula is C11H14O3. The zero-order chi connectivity index (χ0) is 10.6. The van der Waals surface area contributed by atoms with Crippen LogP contribution in [0.2, 0.25) is 0 Å². The molecule has 0 aliphatic carbocycles.